The minimum absolute atomic E-state index is 0.473. The van der Waals surface area contributed by atoms with Crippen molar-refractivity contribution in [3.8, 4) is 22.8 Å². The van der Waals surface area contributed by atoms with Crippen LogP contribution in [0.25, 0.3) is 11.3 Å². The highest BCUT2D eigenvalue weighted by molar-refractivity contribution is 5.78. The van der Waals surface area contributed by atoms with Crippen molar-refractivity contribution in [2.24, 2.45) is 0 Å². The highest BCUT2D eigenvalue weighted by atomic mass is 16.5. The zero-order valence-electron chi connectivity index (χ0n) is 11.5. The molecule has 0 spiro atoms. The van der Waals surface area contributed by atoms with Crippen LogP contribution in [0.1, 0.15) is 10.5 Å². The van der Waals surface area contributed by atoms with Crippen LogP contribution in [0.15, 0.2) is 36.9 Å². The van der Waals surface area contributed by atoms with Gasteiger partial charge in [-0.25, -0.2) is 0 Å². The minimum Gasteiger partial charge on any atom is -0.497 e. The predicted molar refractivity (Wildman–Crippen MR) is 76.4 cm³/mol. The second kappa shape index (κ2) is 6.06. The number of rotatable bonds is 6. The Kier molecular flexibility index (Phi) is 4.20. The number of aldehydes is 1. The topological polar surface area (TPSA) is 53.4 Å². The number of hydrogen-bond donors (Lipinski definition) is 0. The van der Waals surface area contributed by atoms with E-state index in [1.54, 1.807) is 37.1 Å². The van der Waals surface area contributed by atoms with E-state index in [0.717, 1.165) is 11.8 Å². The highest BCUT2D eigenvalue weighted by Crippen LogP contribution is 2.32. The van der Waals surface area contributed by atoms with Gasteiger partial charge in [0.05, 0.1) is 26.5 Å². The average molecular weight is 272 g/mol. The van der Waals surface area contributed by atoms with Gasteiger partial charge in [-0.2, -0.15) is 5.10 Å². The van der Waals surface area contributed by atoms with E-state index in [9.17, 15) is 4.79 Å². The molecule has 0 radical (unpaired) electrons. The second-order valence-electron chi connectivity index (χ2n) is 4.11. The third kappa shape index (κ3) is 2.56. The van der Waals surface area contributed by atoms with Crippen molar-refractivity contribution in [1.29, 1.82) is 0 Å². The van der Waals surface area contributed by atoms with Gasteiger partial charge in [0.2, 0.25) is 0 Å². The van der Waals surface area contributed by atoms with Gasteiger partial charge in [-0.15, -0.1) is 6.58 Å². The number of methoxy groups -OCH3 is 2. The number of carbonyl (C=O) groups excluding carboxylic acids is 1. The maximum Gasteiger partial charge on any atom is 0.168 e. The highest BCUT2D eigenvalue weighted by Gasteiger charge is 2.13. The molecule has 1 aromatic heterocycles. The minimum atomic E-state index is 0.473. The number of aromatic nitrogens is 2. The van der Waals surface area contributed by atoms with Gasteiger partial charge in [0, 0.05) is 5.56 Å². The first-order chi connectivity index (χ1) is 9.73. The largest absolute Gasteiger partial charge is 0.497 e. The van der Waals surface area contributed by atoms with Crippen LogP contribution in [-0.4, -0.2) is 30.3 Å². The lowest BCUT2D eigenvalue weighted by Gasteiger charge is -2.08. The standard InChI is InChI=1S/C15H16N2O3/c1-4-7-17-11(10-18)8-14(16-17)13-9-12(19-2)5-6-15(13)20-3/h4-6,8-10H,1,7H2,2-3H3. The normalized spacial score (nSPS) is 10.1. The van der Waals surface area contributed by atoms with Gasteiger partial charge in [-0.1, -0.05) is 6.08 Å². The lowest BCUT2D eigenvalue weighted by atomic mass is 10.1. The summed E-state index contributed by atoms with van der Waals surface area (Å²) in [5, 5.41) is 4.40. The van der Waals surface area contributed by atoms with Crippen LogP contribution in [0.4, 0.5) is 0 Å². The van der Waals surface area contributed by atoms with Crippen LogP contribution in [0.3, 0.4) is 0 Å². The predicted octanol–water partition coefficient (Wildman–Crippen LogP) is 2.57. The molecule has 5 heteroatoms. The van der Waals surface area contributed by atoms with Crippen molar-refractivity contribution in [1.82, 2.24) is 9.78 Å². The smallest absolute Gasteiger partial charge is 0.168 e. The van der Waals surface area contributed by atoms with Crippen LogP contribution < -0.4 is 9.47 Å². The quantitative estimate of drug-likeness (QED) is 0.599. The van der Waals surface area contributed by atoms with E-state index in [2.05, 4.69) is 11.7 Å². The molecule has 0 amide bonds. The van der Waals surface area contributed by atoms with E-state index in [-0.39, 0.29) is 0 Å². The summed E-state index contributed by atoms with van der Waals surface area (Å²) in [7, 11) is 3.19. The van der Waals surface area contributed by atoms with Gasteiger partial charge in [0.15, 0.2) is 6.29 Å². The Morgan fingerprint density at radius 1 is 1.30 bits per heavy atom. The molecule has 2 aromatic rings. The Morgan fingerprint density at radius 3 is 2.70 bits per heavy atom. The van der Waals surface area contributed by atoms with Crippen LogP contribution in [0, 0.1) is 0 Å². The SMILES string of the molecule is C=CCn1nc(-c2cc(OC)ccc2OC)cc1C=O. The number of benzene rings is 1. The van der Waals surface area contributed by atoms with Crippen molar-refractivity contribution in [2.75, 3.05) is 14.2 Å². The lowest BCUT2D eigenvalue weighted by molar-refractivity contribution is 0.111. The molecule has 5 nitrogen and oxygen atoms in total. The molecule has 0 saturated heterocycles. The van der Waals surface area contributed by atoms with Gasteiger partial charge < -0.3 is 9.47 Å². The molecular weight excluding hydrogens is 256 g/mol. The fourth-order valence-electron chi connectivity index (χ4n) is 1.94. The van der Waals surface area contributed by atoms with Crippen molar-refractivity contribution in [2.45, 2.75) is 6.54 Å². The Balaban J connectivity index is 2.54. The molecule has 104 valence electrons. The third-order valence-corrected chi connectivity index (χ3v) is 2.92. The van der Waals surface area contributed by atoms with Gasteiger partial charge in [-0.3, -0.25) is 9.48 Å². The molecule has 0 unspecified atom stereocenters. The third-order valence-electron chi connectivity index (χ3n) is 2.92. The van der Waals surface area contributed by atoms with Crippen LogP contribution in [-0.2, 0) is 6.54 Å². The Hall–Kier alpha value is -2.56. The van der Waals surface area contributed by atoms with E-state index >= 15 is 0 Å². The van der Waals surface area contributed by atoms with Crippen LogP contribution in [0.5, 0.6) is 11.5 Å². The van der Waals surface area contributed by atoms with Gasteiger partial charge in [-0.05, 0) is 24.3 Å². The summed E-state index contributed by atoms with van der Waals surface area (Å²) in [6, 6.07) is 7.16. The molecular formula is C15H16N2O3. The Labute approximate surface area is 117 Å². The molecule has 0 bridgehead atoms. The maximum absolute atomic E-state index is 11.1. The van der Waals surface area contributed by atoms with Crippen molar-refractivity contribution in [3.05, 3.63) is 42.6 Å². The fourth-order valence-corrected chi connectivity index (χ4v) is 1.94. The molecule has 0 fully saturated rings. The zero-order valence-corrected chi connectivity index (χ0v) is 11.5. The van der Waals surface area contributed by atoms with E-state index in [4.69, 9.17) is 9.47 Å². The molecule has 0 saturated carbocycles. The number of allylic oxidation sites excluding steroid dienone is 1. The van der Waals surface area contributed by atoms with Crippen LogP contribution in [0.2, 0.25) is 0 Å². The molecule has 20 heavy (non-hydrogen) atoms. The summed E-state index contributed by atoms with van der Waals surface area (Å²) in [4.78, 5) is 11.1. The summed E-state index contributed by atoms with van der Waals surface area (Å²) in [6.45, 7) is 4.13. The molecule has 1 heterocycles. The lowest BCUT2D eigenvalue weighted by Crippen LogP contribution is -2.02. The fraction of sp³-hybridized carbons (Fsp3) is 0.200. The zero-order chi connectivity index (χ0) is 14.5. The molecule has 1 aromatic carbocycles. The van der Waals surface area contributed by atoms with Crippen molar-refractivity contribution in [3.63, 3.8) is 0 Å². The first-order valence-electron chi connectivity index (χ1n) is 6.09. The van der Waals surface area contributed by atoms with E-state index in [1.807, 2.05) is 12.1 Å². The van der Waals surface area contributed by atoms with E-state index < -0.39 is 0 Å². The Bertz CT molecular complexity index is 632. The van der Waals surface area contributed by atoms with Crippen LogP contribution >= 0.6 is 0 Å². The van der Waals surface area contributed by atoms with Gasteiger partial charge in [0.1, 0.15) is 17.2 Å². The van der Waals surface area contributed by atoms with Gasteiger partial charge >= 0.3 is 0 Å². The van der Waals surface area contributed by atoms with E-state index in [0.29, 0.717) is 29.4 Å². The monoisotopic (exact) mass is 272 g/mol. The summed E-state index contributed by atoms with van der Waals surface area (Å²) in [5.41, 5.74) is 1.92. The summed E-state index contributed by atoms with van der Waals surface area (Å²) in [6.07, 6.45) is 2.46. The van der Waals surface area contributed by atoms with E-state index in [1.165, 1.54) is 0 Å². The summed E-state index contributed by atoms with van der Waals surface area (Å²) < 4.78 is 12.1. The molecule has 0 atom stereocenters. The first-order valence-corrected chi connectivity index (χ1v) is 6.09. The molecule has 0 aliphatic rings. The summed E-state index contributed by atoms with van der Waals surface area (Å²) in [5.74, 6) is 1.37. The molecule has 0 aliphatic heterocycles. The second-order valence-corrected chi connectivity index (χ2v) is 4.11. The summed E-state index contributed by atoms with van der Waals surface area (Å²) >= 11 is 0. The van der Waals surface area contributed by atoms with Crippen molar-refractivity contribution < 1.29 is 14.3 Å². The molecule has 0 N–H and O–H groups in total. The van der Waals surface area contributed by atoms with Crippen molar-refractivity contribution >= 4 is 6.29 Å². The molecule has 2 rings (SSSR count). The average Bonchev–Trinajstić information content (AvgIpc) is 2.90. The number of hydrogen-bond acceptors (Lipinski definition) is 4. The number of nitrogens with zero attached hydrogens (tertiary/aromatic N) is 2. The first kappa shape index (κ1) is 13.9. The number of ether oxygens (including phenoxy) is 2. The Morgan fingerprint density at radius 2 is 2.10 bits per heavy atom. The maximum atomic E-state index is 11.1. The van der Waals surface area contributed by atoms with Gasteiger partial charge in [0.25, 0.3) is 0 Å². The number of carbonyl (C=O) groups is 1. The molecule has 0 aliphatic carbocycles.